The molecule has 0 aliphatic heterocycles. The molecule has 192 valence electrons. The number of thiophene rings is 1. The number of esters is 1. The van der Waals surface area contributed by atoms with Gasteiger partial charge in [0.2, 0.25) is 0 Å². The average Bonchev–Trinajstić information content (AvgIpc) is 3.30. The van der Waals surface area contributed by atoms with E-state index < -0.39 is 10.0 Å². The van der Waals surface area contributed by atoms with Crippen molar-refractivity contribution >= 4 is 54.7 Å². The number of hydrogen-bond acceptors (Lipinski definition) is 6. The van der Waals surface area contributed by atoms with Gasteiger partial charge < -0.3 is 10.1 Å². The van der Waals surface area contributed by atoms with E-state index in [4.69, 9.17) is 4.74 Å². The molecule has 7 nitrogen and oxygen atoms in total. The number of nitrogens with one attached hydrogen (secondary N) is 1. The highest BCUT2D eigenvalue weighted by molar-refractivity contribution is 7.92. The molecule has 0 atom stereocenters. The molecule has 0 saturated carbocycles. The van der Waals surface area contributed by atoms with Gasteiger partial charge in [0.05, 0.1) is 28.5 Å². The monoisotopic (exact) mass is 536 g/mol. The maximum atomic E-state index is 13.3. The highest BCUT2D eigenvalue weighted by Gasteiger charge is 2.24. The first-order valence-corrected chi connectivity index (χ1v) is 14.2. The molecule has 0 bridgehead atoms. The zero-order chi connectivity index (χ0) is 26.6. The first-order valence-electron chi connectivity index (χ1n) is 11.9. The Balaban J connectivity index is 1.52. The summed E-state index contributed by atoms with van der Waals surface area (Å²) in [5.41, 5.74) is 2.93. The van der Waals surface area contributed by atoms with Crippen LogP contribution in [0.5, 0.6) is 0 Å². The molecule has 9 heteroatoms. The van der Waals surface area contributed by atoms with Gasteiger partial charge in [0.25, 0.3) is 15.9 Å². The molecule has 1 amide bonds. The van der Waals surface area contributed by atoms with E-state index in [2.05, 4.69) is 5.32 Å². The fourth-order valence-electron chi connectivity index (χ4n) is 3.90. The van der Waals surface area contributed by atoms with Crippen LogP contribution in [0.1, 0.15) is 34.6 Å². The van der Waals surface area contributed by atoms with Gasteiger partial charge in [0, 0.05) is 16.9 Å². The summed E-state index contributed by atoms with van der Waals surface area (Å²) in [6.45, 7) is 6.07. The highest BCUT2D eigenvalue weighted by atomic mass is 32.2. The number of carbonyl (C=O) groups is 2. The lowest BCUT2D eigenvalue weighted by Gasteiger charge is -2.23. The van der Waals surface area contributed by atoms with Crippen molar-refractivity contribution in [1.82, 2.24) is 0 Å². The van der Waals surface area contributed by atoms with Crippen molar-refractivity contribution in [2.75, 3.05) is 22.8 Å². The molecule has 0 spiro atoms. The maximum Gasteiger partial charge on any atom is 0.310 e. The van der Waals surface area contributed by atoms with Gasteiger partial charge in [-0.1, -0.05) is 29.8 Å². The molecule has 4 rings (SSSR count). The van der Waals surface area contributed by atoms with E-state index in [0.717, 1.165) is 21.2 Å². The van der Waals surface area contributed by atoms with Crippen molar-refractivity contribution in [3.63, 3.8) is 0 Å². The molecular formula is C28H28N2O5S2. The van der Waals surface area contributed by atoms with Gasteiger partial charge in [-0.3, -0.25) is 13.9 Å². The van der Waals surface area contributed by atoms with Crippen LogP contribution in [0.3, 0.4) is 0 Å². The van der Waals surface area contributed by atoms with E-state index in [-0.39, 0.29) is 29.7 Å². The van der Waals surface area contributed by atoms with E-state index in [1.807, 2.05) is 13.0 Å². The van der Waals surface area contributed by atoms with E-state index in [1.165, 1.54) is 15.6 Å². The standard InChI is InChI=1S/C28H28N2O5S2/c1-4-30(37(33,34)24-13-6-19(3)7-14-24)23-12-15-25-21(17-23)18-26(36-25)28(32)29-22-10-8-20(9-11-22)16-27(31)35-5-2/h6-15,17-18H,4-5,16H2,1-3H3,(H,29,32). The topological polar surface area (TPSA) is 92.8 Å². The van der Waals surface area contributed by atoms with Crippen molar-refractivity contribution in [2.24, 2.45) is 0 Å². The minimum Gasteiger partial charge on any atom is -0.466 e. The predicted molar refractivity (Wildman–Crippen MR) is 148 cm³/mol. The molecule has 0 aliphatic carbocycles. The Morgan fingerprint density at radius 1 is 0.946 bits per heavy atom. The number of fused-ring (bicyclic) bond motifs is 1. The lowest BCUT2D eigenvalue weighted by Crippen LogP contribution is -2.30. The number of benzene rings is 3. The smallest absolute Gasteiger partial charge is 0.310 e. The summed E-state index contributed by atoms with van der Waals surface area (Å²) in [5.74, 6) is -0.558. The minimum atomic E-state index is -3.73. The normalized spacial score (nSPS) is 11.3. The first kappa shape index (κ1) is 26.4. The Labute approximate surface area is 220 Å². The summed E-state index contributed by atoms with van der Waals surface area (Å²) in [6.07, 6.45) is 0.176. The third-order valence-electron chi connectivity index (χ3n) is 5.77. The van der Waals surface area contributed by atoms with Crippen molar-refractivity contribution in [2.45, 2.75) is 32.1 Å². The second kappa shape index (κ2) is 11.1. The number of sulfonamides is 1. The van der Waals surface area contributed by atoms with Gasteiger partial charge in [-0.05, 0) is 80.3 Å². The summed E-state index contributed by atoms with van der Waals surface area (Å²) in [7, 11) is -3.73. The van der Waals surface area contributed by atoms with Crippen molar-refractivity contribution in [3.05, 3.63) is 88.8 Å². The van der Waals surface area contributed by atoms with Crippen LogP contribution in [0.25, 0.3) is 10.1 Å². The predicted octanol–water partition coefficient (Wildman–Crippen LogP) is 5.78. The molecular weight excluding hydrogens is 508 g/mol. The molecule has 0 radical (unpaired) electrons. The molecule has 1 heterocycles. The lowest BCUT2D eigenvalue weighted by molar-refractivity contribution is -0.142. The number of rotatable bonds is 9. The number of ether oxygens (including phenoxy) is 1. The second-order valence-electron chi connectivity index (χ2n) is 8.45. The number of amides is 1. The third kappa shape index (κ3) is 6.00. The number of carbonyl (C=O) groups excluding carboxylic acids is 2. The summed E-state index contributed by atoms with van der Waals surface area (Å²) in [5, 5.41) is 3.66. The van der Waals surface area contributed by atoms with Gasteiger partial charge >= 0.3 is 5.97 Å². The van der Waals surface area contributed by atoms with E-state index >= 15 is 0 Å². The molecule has 3 aromatic carbocycles. The van der Waals surface area contributed by atoms with Gasteiger partial charge in [-0.25, -0.2) is 8.42 Å². The Hall–Kier alpha value is -3.69. The maximum absolute atomic E-state index is 13.3. The van der Waals surface area contributed by atoms with Crippen molar-refractivity contribution in [3.8, 4) is 0 Å². The molecule has 0 unspecified atom stereocenters. The van der Waals surface area contributed by atoms with Crippen LogP contribution >= 0.6 is 11.3 Å². The molecule has 4 aromatic rings. The van der Waals surface area contributed by atoms with Crippen LogP contribution in [0.2, 0.25) is 0 Å². The first-order chi connectivity index (χ1) is 17.7. The minimum absolute atomic E-state index is 0.176. The van der Waals surface area contributed by atoms with Gasteiger partial charge in [0.15, 0.2) is 0 Å². The molecule has 0 saturated heterocycles. The van der Waals surface area contributed by atoms with E-state index in [9.17, 15) is 18.0 Å². The molecule has 1 aromatic heterocycles. The summed E-state index contributed by atoms with van der Waals surface area (Å²) >= 11 is 1.33. The third-order valence-corrected chi connectivity index (χ3v) is 8.81. The number of nitrogens with zero attached hydrogens (tertiary/aromatic N) is 1. The van der Waals surface area contributed by atoms with Crippen LogP contribution in [0.15, 0.2) is 77.7 Å². The van der Waals surface area contributed by atoms with Gasteiger partial charge in [0.1, 0.15) is 0 Å². The Kier molecular flexibility index (Phi) is 7.94. The number of anilines is 2. The van der Waals surface area contributed by atoms with Gasteiger partial charge in [-0.2, -0.15) is 0 Å². The fraction of sp³-hybridized carbons (Fsp3) is 0.214. The van der Waals surface area contributed by atoms with Gasteiger partial charge in [-0.15, -0.1) is 11.3 Å². The van der Waals surface area contributed by atoms with E-state index in [1.54, 1.807) is 80.6 Å². The van der Waals surface area contributed by atoms with Crippen LogP contribution in [0.4, 0.5) is 11.4 Å². The SMILES string of the molecule is CCOC(=O)Cc1ccc(NC(=O)c2cc3cc(N(CC)S(=O)(=O)c4ccc(C)cc4)ccc3s2)cc1. The second-order valence-corrected chi connectivity index (χ2v) is 11.4. The molecule has 0 aliphatic rings. The summed E-state index contributed by atoms with van der Waals surface area (Å²) in [6, 6.07) is 21.0. The van der Waals surface area contributed by atoms with Crippen LogP contribution in [-0.2, 0) is 26.0 Å². The zero-order valence-electron chi connectivity index (χ0n) is 20.9. The average molecular weight is 537 g/mol. The Morgan fingerprint density at radius 2 is 1.65 bits per heavy atom. The summed E-state index contributed by atoms with van der Waals surface area (Å²) in [4.78, 5) is 25.3. The van der Waals surface area contributed by atoms with Crippen LogP contribution < -0.4 is 9.62 Å². The quantitative estimate of drug-likeness (QED) is 0.274. The Bertz CT molecular complexity index is 1530. The fourth-order valence-corrected chi connectivity index (χ4v) is 6.31. The summed E-state index contributed by atoms with van der Waals surface area (Å²) < 4.78 is 33.8. The lowest BCUT2D eigenvalue weighted by atomic mass is 10.1. The highest BCUT2D eigenvalue weighted by Crippen LogP contribution is 2.32. The van der Waals surface area contributed by atoms with Crippen molar-refractivity contribution in [1.29, 1.82) is 0 Å². The zero-order valence-corrected chi connectivity index (χ0v) is 22.5. The molecule has 37 heavy (non-hydrogen) atoms. The van der Waals surface area contributed by atoms with Crippen LogP contribution in [0, 0.1) is 6.92 Å². The molecule has 1 N–H and O–H groups in total. The largest absolute Gasteiger partial charge is 0.466 e. The number of hydrogen-bond donors (Lipinski definition) is 1. The van der Waals surface area contributed by atoms with Crippen LogP contribution in [-0.4, -0.2) is 33.4 Å². The van der Waals surface area contributed by atoms with Crippen molar-refractivity contribution < 1.29 is 22.7 Å². The Morgan fingerprint density at radius 3 is 2.30 bits per heavy atom. The number of aryl methyl sites for hydroxylation is 1. The van der Waals surface area contributed by atoms with E-state index in [0.29, 0.717) is 22.9 Å². The molecule has 0 fully saturated rings.